The van der Waals surface area contributed by atoms with E-state index in [2.05, 4.69) is 31.0 Å². The second kappa shape index (κ2) is 12.6. The van der Waals surface area contributed by atoms with E-state index in [1.54, 1.807) is 30.5 Å². The molecule has 0 aliphatic carbocycles. The fourth-order valence-corrected chi connectivity index (χ4v) is 6.06. The quantitative estimate of drug-likeness (QED) is 0.182. The summed E-state index contributed by atoms with van der Waals surface area (Å²) < 4.78 is 42.1. The molecule has 0 saturated heterocycles. The van der Waals surface area contributed by atoms with E-state index in [9.17, 15) is 13.2 Å². The molecule has 1 amide bonds. The molecule has 1 heterocycles. The molecule has 0 saturated carbocycles. The third-order valence-corrected chi connectivity index (χ3v) is 8.82. The van der Waals surface area contributed by atoms with Crippen LogP contribution < -0.4 is 19.2 Å². The Morgan fingerprint density at radius 3 is 2.24 bits per heavy atom. The molecule has 214 valence electrons. The van der Waals surface area contributed by atoms with Gasteiger partial charge in [0.2, 0.25) is 0 Å². The molecule has 11 heteroatoms. The second-order valence-electron chi connectivity index (χ2n) is 9.30. The number of carbonyl (C=O) groups is 1. The predicted octanol–water partition coefficient (Wildman–Crippen LogP) is 5.53. The highest BCUT2D eigenvalue weighted by Gasteiger charge is 2.28. The lowest BCUT2D eigenvalue weighted by molar-refractivity contribution is -0.119. The number of hydrazone groups is 1. The SMILES string of the molecule is COc1ccc(N(CC(=O)N/N=C/c2cc(C)n(-c3ccc(Br)cc3)c2C)S(=O)(=O)c2ccc(C)cc2)cc1OC. The Balaban J connectivity index is 1.59. The van der Waals surface area contributed by atoms with Gasteiger partial charge in [0, 0.05) is 33.2 Å². The molecule has 0 bridgehead atoms. The maximum Gasteiger partial charge on any atom is 0.264 e. The Morgan fingerprint density at radius 1 is 0.951 bits per heavy atom. The number of sulfonamides is 1. The minimum absolute atomic E-state index is 0.0505. The van der Waals surface area contributed by atoms with Crippen molar-refractivity contribution in [2.75, 3.05) is 25.1 Å². The van der Waals surface area contributed by atoms with Gasteiger partial charge in [0.05, 0.1) is 31.0 Å². The molecule has 0 unspecified atom stereocenters. The number of rotatable bonds is 10. The molecule has 3 aromatic carbocycles. The zero-order valence-electron chi connectivity index (χ0n) is 23.4. The van der Waals surface area contributed by atoms with Crippen molar-refractivity contribution in [3.05, 3.63) is 99.8 Å². The van der Waals surface area contributed by atoms with Gasteiger partial charge in [-0.3, -0.25) is 9.10 Å². The summed E-state index contributed by atoms with van der Waals surface area (Å²) in [6.07, 6.45) is 1.55. The van der Waals surface area contributed by atoms with Gasteiger partial charge in [-0.2, -0.15) is 5.10 Å². The van der Waals surface area contributed by atoms with Crippen LogP contribution in [0.4, 0.5) is 5.69 Å². The van der Waals surface area contributed by atoms with Crippen molar-refractivity contribution in [1.82, 2.24) is 9.99 Å². The number of aryl methyl sites for hydroxylation is 2. The van der Waals surface area contributed by atoms with E-state index in [0.717, 1.165) is 37.0 Å². The fourth-order valence-electron chi connectivity index (χ4n) is 4.38. The van der Waals surface area contributed by atoms with Crippen LogP contribution in [0, 0.1) is 20.8 Å². The summed E-state index contributed by atoms with van der Waals surface area (Å²) in [6.45, 7) is 5.30. The van der Waals surface area contributed by atoms with Crippen LogP contribution >= 0.6 is 15.9 Å². The molecular formula is C30H31BrN4O5S. The lowest BCUT2D eigenvalue weighted by Gasteiger charge is -2.24. The van der Waals surface area contributed by atoms with Crippen molar-refractivity contribution in [2.45, 2.75) is 25.7 Å². The third kappa shape index (κ3) is 6.63. The number of nitrogens with zero attached hydrogens (tertiary/aromatic N) is 3. The summed E-state index contributed by atoms with van der Waals surface area (Å²) in [5.41, 5.74) is 7.37. The van der Waals surface area contributed by atoms with Crippen molar-refractivity contribution in [3.8, 4) is 17.2 Å². The van der Waals surface area contributed by atoms with E-state index in [1.165, 1.54) is 32.4 Å². The predicted molar refractivity (Wildman–Crippen MR) is 164 cm³/mol. The lowest BCUT2D eigenvalue weighted by atomic mass is 10.2. The number of hydrogen-bond acceptors (Lipinski definition) is 6. The molecule has 0 atom stereocenters. The first-order valence-electron chi connectivity index (χ1n) is 12.6. The maximum absolute atomic E-state index is 13.7. The summed E-state index contributed by atoms with van der Waals surface area (Å²) in [5, 5.41) is 4.13. The first-order chi connectivity index (χ1) is 19.5. The van der Waals surface area contributed by atoms with Gasteiger partial charge in [0.25, 0.3) is 15.9 Å². The van der Waals surface area contributed by atoms with Gasteiger partial charge in [-0.25, -0.2) is 13.8 Å². The number of benzene rings is 3. The van der Waals surface area contributed by atoms with Crippen molar-refractivity contribution in [2.24, 2.45) is 5.10 Å². The largest absolute Gasteiger partial charge is 0.493 e. The van der Waals surface area contributed by atoms with Gasteiger partial charge in [0.15, 0.2) is 11.5 Å². The number of methoxy groups -OCH3 is 2. The van der Waals surface area contributed by atoms with Gasteiger partial charge in [0.1, 0.15) is 6.54 Å². The summed E-state index contributed by atoms with van der Waals surface area (Å²) in [7, 11) is -1.17. The normalized spacial score (nSPS) is 11.5. The molecule has 4 aromatic rings. The zero-order valence-corrected chi connectivity index (χ0v) is 25.8. The van der Waals surface area contributed by atoms with Crippen LogP contribution in [0.3, 0.4) is 0 Å². The van der Waals surface area contributed by atoms with Crippen LogP contribution in [-0.2, 0) is 14.8 Å². The lowest BCUT2D eigenvalue weighted by Crippen LogP contribution is -2.39. The van der Waals surface area contributed by atoms with Crippen molar-refractivity contribution in [1.29, 1.82) is 0 Å². The van der Waals surface area contributed by atoms with Crippen LogP contribution in [0.5, 0.6) is 11.5 Å². The summed E-state index contributed by atoms with van der Waals surface area (Å²) in [6, 6.07) is 21.0. The van der Waals surface area contributed by atoms with Gasteiger partial charge in [-0.15, -0.1) is 0 Å². The first kappa shape index (κ1) is 29.9. The number of carbonyl (C=O) groups excluding carboxylic acids is 1. The molecule has 0 spiro atoms. The highest BCUT2D eigenvalue weighted by atomic mass is 79.9. The number of ether oxygens (including phenoxy) is 2. The average molecular weight is 640 g/mol. The topological polar surface area (TPSA) is 102 Å². The average Bonchev–Trinajstić information content (AvgIpc) is 3.24. The Bertz CT molecular complexity index is 1680. The Morgan fingerprint density at radius 2 is 1.61 bits per heavy atom. The van der Waals surface area contributed by atoms with Gasteiger partial charge in [-0.05, 0) is 75.4 Å². The van der Waals surface area contributed by atoms with Gasteiger partial charge < -0.3 is 14.0 Å². The molecule has 0 aliphatic rings. The summed E-state index contributed by atoms with van der Waals surface area (Å²) >= 11 is 3.46. The molecule has 0 fully saturated rings. The third-order valence-electron chi connectivity index (χ3n) is 6.50. The minimum Gasteiger partial charge on any atom is -0.493 e. The molecule has 4 rings (SSSR count). The van der Waals surface area contributed by atoms with E-state index in [4.69, 9.17) is 9.47 Å². The van der Waals surface area contributed by atoms with E-state index in [0.29, 0.717) is 11.5 Å². The number of aromatic nitrogens is 1. The number of nitrogens with one attached hydrogen (secondary N) is 1. The van der Waals surface area contributed by atoms with E-state index < -0.39 is 22.5 Å². The second-order valence-corrected chi connectivity index (χ2v) is 12.1. The molecule has 1 N–H and O–H groups in total. The van der Waals surface area contributed by atoms with Crippen molar-refractivity contribution in [3.63, 3.8) is 0 Å². The maximum atomic E-state index is 13.7. The number of anilines is 1. The monoisotopic (exact) mass is 638 g/mol. The summed E-state index contributed by atoms with van der Waals surface area (Å²) in [4.78, 5) is 13.1. The molecule has 41 heavy (non-hydrogen) atoms. The number of halogens is 1. The van der Waals surface area contributed by atoms with Crippen LogP contribution in [0.25, 0.3) is 5.69 Å². The first-order valence-corrected chi connectivity index (χ1v) is 14.9. The van der Waals surface area contributed by atoms with E-state index >= 15 is 0 Å². The smallest absolute Gasteiger partial charge is 0.264 e. The number of hydrogen-bond donors (Lipinski definition) is 1. The molecular weight excluding hydrogens is 608 g/mol. The fraction of sp³-hybridized carbons (Fsp3) is 0.200. The van der Waals surface area contributed by atoms with Crippen molar-refractivity contribution < 1.29 is 22.7 Å². The molecule has 0 radical (unpaired) electrons. The van der Waals surface area contributed by atoms with E-state index in [1.807, 2.05) is 51.1 Å². The standard InChI is InChI=1S/C30H31BrN4O5S/c1-20-6-13-27(14-7-20)41(37,38)34(26-12-15-28(39-4)29(17-26)40-5)19-30(36)33-32-18-23-16-21(2)35(22(23)3)25-10-8-24(31)9-11-25/h6-18H,19H2,1-5H3,(H,33,36)/b32-18+. The Kier molecular flexibility index (Phi) is 9.19. The van der Waals surface area contributed by atoms with Crippen molar-refractivity contribution >= 4 is 43.8 Å². The highest BCUT2D eigenvalue weighted by molar-refractivity contribution is 9.10. The molecule has 9 nitrogen and oxygen atoms in total. The molecule has 1 aromatic heterocycles. The highest BCUT2D eigenvalue weighted by Crippen LogP contribution is 2.33. The van der Waals surface area contributed by atoms with Crippen LogP contribution in [-0.4, -0.2) is 45.9 Å². The minimum atomic E-state index is -4.11. The number of amides is 1. The van der Waals surface area contributed by atoms with Crippen LogP contribution in [0.2, 0.25) is 0 Å². The summed E-state index contributed by atoms with van der Waals surface area (Å²) in [5.74, 6) is 0.140. The Hall–Kier alpha value is -4.09. The van der Waals surface area contributed by atoms with Crippen LogP contribution in [0.1, 0.15) is 22.5 Å². The van der Waals surface area contributed by atoms with E-state index in [-0.39, 0.29) is 10.6 Å². The molecule has 0 aliphatic heterocycles. The van der Waals surface area contributed by atoms with Gasteiger partial charge in [-0.1, -0.05) is 33.6 Å². The Labute approximate surface area is 248 Å². The zero-order chi connectivity index (χ0) is 29.7. The van der Waals surface area contributed by atoms with Gasteiger partial charge >= 0.3 is 0 Å². The van der Waals surface area contributed by atoms with Crippen LogP contribution in [0.15, 0.2) is 87.3 Å².